The summed E-state index contributed by atoms with van der Waals surface area (Å²) in [7, 11) is 1.71. The van der Waals surface area contributed by atoms with E-state index in [9.17, 15) is 22.8 Å². The summed E-state index contributed by atoms with van der Waals surface area (Å²) < 4.78 is 39.2. The van der Waals surface area contributed by atoms with Gasteiger partial charge in [0.15, 0.2) is 12.6 Å². The number of para-hydroxylation sites is 1. The SMILES string of the molecule is C[C@@H]1CCC[C@@H](C)N1C(=O)[C@@H](C)[NH+](C)CC(=O)Nc1ccccc1C(F)(F)F. The standard InChI is InChI=1S/C20H28F3N3O2/c1-13-8-7-9-14(2)26(13)19(28)15(3)25(4)12-18(27)24-17-11-6-5-10-16(17)20(21,22)23/h5-6,10-11,13-15H,7-9,12H2,1-4H3,(H,24,27)/p+1/t13-,14-,15-/m1/s1. The van der Waals surface area contributed by atoms with Gasteiger partial charge in [-0.25, -0.2) is 0 Å². The summed E-state index contributed by atoms with van der Waals surface area (Å²) in [6.45, 7) is 5.70. The molecule has 0 aliphatic carbocycles. The van der Waals surface area contributed by atoms with Gasteiger partial charge in [0.25, 0.3) is 11.8 Å². The van der Waals surface area contributed by atoms with E-state index in [0.717, 1.165) is 25.3 Å². The minimum atomic E-state index is -4.55. The second-order valence-electron chi connectivity index (χ2n) is 7.71. The lowest BCUT2D eigenvalue weighted by molar-refractivity contribution is -0.886. The molecule has 0 aromatic heterocycles. The first kappa shape index (κ1) is 22.2. The van der Waals surface area contributed by atoms with Crippen LogP contribution in [0.3, 0.4) is 0 Å². The molecule has 4 atom stereocenters. The number of amides is 2. The lowest BCUT2D eigenvalue weighted by Crippen LogP contribution is -3.15. The molecule has 8 heteroatoms. The average Bonchev–Trinajstić information content (AvgIpc) is 2.60. The first-order valence-electron chi connectivity index (χ1n) is 9.63. The smallest absolute Gasteiger partial charge is 0.332 e. The number of likely N-dealkylation sites (tertiary alicyclic amines) is 1. The topological polar surface area (TPSA) is 53.9 Å². The van der Waals surface area contributed by atoms with Crippen LogP contribution in [0.5, 0.6) is 0 Å². The number of hydrogen-bond acceptors (Lipinski definition) is 2. The number of halogens is 3. The van der Waals surface area contributed by atoms with E-state index in [1.807, 2.05) is 18.7 Å². The van der Waals surface area contributed by atoms with E-state index in [1.54, 1.807) is 14.0 Å². The Balaban J connectivity index is 2.01. The summed E-state index contributed by atoms with van der Waals surface area (Å²) in [6.07, 6.45) is -1.55. The van der Waals surface area contributed by atoms with Crippen molar-refractivity contribution in [1.82, 2.24) is 4.90 Å². The molecular weight excluding hydrogens is 371 g/mol. The molecule has 1 aliphatic heterocycles. The zero-order valence-corrected chi connectivity index (χ0v) is 16.8. The van der Waals surface area contributed by atoms with Gasteiger partial charge >= 0.3 is 6.18 Å². The van der Waals surface area contributed by atoms with Crippen LogP contribution in [-0.2, 0) is 15.8 Å². The maximum atomic E-state index is 13.1. The molecule has 1 saturated heterocycles. The normalized spacial score (nSPS) is 22.5. The summed E-state index contributed by atoms with van der Waals surface area (Å²) in [5, 5.41) is 2.33. The van der Waals surface area contributed by atoms with E-state index in [4.69, 9.17) is 0 Å². The van der Waals surface area contributed by atoms with Crippen molar-refractivity contribution in [2.45, 2.75) is 64.3 Å². The molecule has 2 N–H and O–H groups in total. The molecule has 1 heterocycles. The molecule has 0 saturated carbocycles. The van der Waals surface area contributed by atoms with Crippen LogP contribution >= 0.6 is 0 Å². The number of nitrogens with one attached hydrogen (secondary N) is 2. The Hall–Kier alpha value is -2.09. The fourth-order valence-corrected chi connectivity index (χ4v) is 3.73. The number of nitrogens with zero attached hydrogens (tertiary/aromatic N) is 1. The van der Waals surface area contributed by atoms with Crippen LogP contribution in [0, 0.1) is 0 Å². The number of likely N-dealkylation sites (N-methyl/N-ethyl adjacent to an activating group) is 1. The highest BCUT2D eigenvalue weighted by Gasteiger charge is 2.36. The predicted molar refractivity (Wildman–Crippen MR) is 101 cm³/mol. The number of benzene rings is 1. The number of alkyl halides is 3. The second-order valence-corrected chi connectivity index (χ2v) is 7.71. The molecule has 2 rings (SSSR count). The number of piperidine rings is 1. The molecule has 0 spiro atoms. The van der Waals surface area contributed by atoms with Crippen molar-refractivity contribution in [3.8, 4) is 0 Å². The summed E-state index contributed by atoms with van der Waals surface area (Å²) in [4.78, 5) is 27.7. The Labute approximate surface area is 163 Å². The summed E-state index contributed by atoms with van der Waals surface area (Å²) in [6, 6.07) is 4.70. The van der Waals surface area contributed by atoms with Crippen LogP contribution in [0.2, 0.25) is 0 Å². The molecule has 1 unspecified atom stereocenters. The molecule has 2 amide bonds. The van der Waals surface area contributed by atoms with Crippen molar-refractivity contribution in [2.24, 2.45) is 0 Å². The third kappa shape index (κ3) is 5.25. The molecule has 0 bridgehead atoms. The van der Waals surface area contributed by atoms with Crippen LogP contribution in [0.15, 0.2) is 24.3 Å². The van der Waals surface area contributed by atoms with E-state index in [1.165, 1.54) is 18.2 Å². The Morgan fingerprint density at radius 1 is 1.21 bits per heavy atom. The Bertz CT molecular complexity index is 698. The lowest BCUT2D eigenvalue weighted by Gasteiger charge is -2.40. The third-order valence-corrected chi connectivity index (χ3v) is 5.50. The number of carbonyl (C=O) groups is 2. The molecule has 1 fully saturated rings. The van der Waals surface area contributed by atoms with E-state index in [-0.39, 0.29) is 30.2 Å². The van der Waals surface area contributed by atoms with Crippen LogP contribution in [-0.4, -0.2) is 48.4 Å². The zero-order valence-electron chi connectivity index (χ0n) is 16.8. The van der Waals surface area contributed by atoms with Gasteiger partial charge in [-0.3, -0.25) is 9.59 Å². The van der Waals surface area contributed by atoms with Gasteiger partial charge in [0.1, 0.15) is 0 Å². The quantitative estimate of drug-likeness (QED) is 0.797. The zero-order chi connectivity index (χ0) is 21.1. The van der Waals surface area contributed by atoms with Gasteiger partial charge in [-0.05, 0) is 52.2 Å². The van der Waals surface area contributed by atoms with Gasteiger partial charge in [-0.1, -0.05) is 12.1 Å². The van der Waals surface area contributed by atoms with E-state index >= 15 is 0 Å². The fourth-order valence-electron chi connectivity index (χ4n) is 3.73. The number of rotatable bonds is 5. The van der Waals surface area contributed by atoms with Crippen molar-refractivity contribution in [3.05, 3.63) is 29.8 Å². The summed E-state index contributed by atoms with van der Waals surface area (Å²) >= 11 is 0. The Kier molecular flexibility index (Phi) is 7.09. The molecule has 0 radical (unpaired) electrons. The highest BCUT2D eigenvalue weighted by Crippen LogP contribution is 2.34. The highest BCUT2D eigenvalue weighted by molar-refractivity contribution is 5.92. The summed E-state index contributed by atoms with van der Waals surface area (Å²) in [5.74, 6) is -0.589. The van der Waals surface area contributed by atoms with Crippen LogP contribution in [0.1, 0.15) is 45.6 Å². The molecule has 28 heavy (non-hydrogen) atoms. The van der Waals surface area contributed by atoms with Gasteiger partial charge in [0.2, 0.25) is 0 Å². The maximum Gasteiger partial charge on any atom is 0.418 e. The van der Waals surface area contributed by atoms with Gasteiger partial charge in [-0.15, -0.1) is 0 Å². The molecule has 1 aliphatic rings. The van der Waals surface area contributed by atoms with Crippen LogP contribution < -0.4 is 10.2 Å². The molecular formula is C20H29F3N3O2+. The predicted octanol–water partition coefficient (Wildman–Crippen LogP) is 2.34. The van der Waals surface area contributed by atoms with E-state index < -0.39 is 23.7 Å². The van der Waals surface area contributed by atoms with Gasteiger partial charge in [-0.2, -0.15) is 13.2 Å². The van der Waals surface area contributed by atoms with Crippen molar-refractivity contribution in [3.63, 3.8) is 0 Å². The maximum absolute atomic E-state index is 13.1. The number of carbonyl (C=O) groups excluding carboxylic acids is 2. The Morgan fingerprint density at radius 2 is 1.79 bits per heavy atom. The van der Waals surface area contributed by atoms with Gasteiger partial charge in [0.05, 0.1) is 18.3 Å². The van der Waals surface area contributed by atoms with Gasteiger partial charge < -0.3 is 15.1 Å². The van der Waals surface area contributed by atoms with E-state index in [2.05, 4.69) is 5.32 Å². The van der Waals surface area contributed by atoms with Crippen molar-refractivity contribution < 1.29 is 27.7 Å². The molecule has 1 aromatic rings. The number of anilines is 1. The van der Waals surface area contributed by atoms with Crippen LogP contribution in [0.4, 0.5) is 18.9 Å². The van der Waals surface area contributed by atoms with Crippen LogP contribution in [0.25, 0.3) is 0 Å². The minimum Gasteiger partial charge on any atom is -0.332 e. The van der Waals surface area contributed by atoms with E-state index in [0.29, 0.717) is 4.90 Å². The average molecular weight is 400 g/mol. The molecule has 5 nitrogen and oxygen atoms in total. The highest BCUT2D eigenvalue weighted by atomic mass is 19.4. The van der Waals surface area contributed by atoms with Crippen molar-refractivity contribution in [2.75, 3.05) is 18.9 Å². The second kappa shape index (κ2) is 8.94. The lowest BCUT2D eigenvalue weighted by atomic mass is 9.96. The Morgan fingerprint density at radius 3 is 2.36 bits per heavy atom. The van der Waals surface area contributed by atoms with Gasteiger partial charge in [0, 0.05) is 12.1 Å². The summed E-state index contributed by atoms with van der Waals surface area (Å²) in [5.41, 5.74) is -1.16. The minimum absolute atomic E-state index is 0.0271. The monoisotopic (exact) mass is 400 g/mol. The molecule has 156 valence electrons. The largest absolute Gasteiger partial charge is 0.418 e. The number of hydrogen-bond donors (Lipinski definition) is 2. The van der Waals surface area contributed by atoms with Crippen molar-refractivity contribution >= 4 is 17.5 Å². The first-order valence-corrected chi connectivity index (χ1v) is 9.63. The molecule has 1 aromatic carbocycles. The fraction of sp³-hybridized carbons (Fsp3) is 0.600. The van der Waals surface area contributed by atoms with Crippen molar-refractivity contribution in [1.29, 1.82) is 0 Å². The first-order chi connectivity index (χ1) is 13.0. The third-order valence-electron chi connectivity index (χ3n) is 5.50. The number of quaternary nitrogens is 1.